The molecule has 3 heterocycles. The number of furan rings is 1. The van der Waals surface area contributed by atoms with Crippen LogP contribution in [0.4, 0.5) is 0 Å². The van der Waals surface area contributed by atoms with Gasteiger partial charge in [0.05, 0.1) is 41.8 Å². The lowest BCUT2D eigenvalue weighted by Gasteiger charge is -2.25. The largest absolute Gasteiger partial charge is 0.496 e. The number of hydrogen-bond acceptors (Lipinski definition) is 10. The number of benzene rings is 2. The van der Waals surface area contributed by atoms with Gasteiger partial charge in [-0.15, -0.1) is 0 Å². The average Bonchev–Trinajstić information content (AvgIpc) is 3.62. The van der Waals surface area contributed by atoms with Crippen LogP contribution in [0.15, 0.2) is 92.4 Å². The number of methoxy groups -OCH3 is 2. The van der Waals surface area contributed by atoms with E-state index in [2.05, 4.69) is 4.99 Å². The summed E-state index contributed by atoms with van der Waals surface area (Å²) in [5.74, 6) is -0.307. The van der Waals surface area contributed by atoms with E-state index in [1.807, 2.05) is 24.3 Å². The highest BCUT2D eigenvalue weighted by molar-refractivity contribution is 7.07. The van der Waals surface area contributed by atoms with Crippen LogP contribution in [0.1, 0.15) is 34.6 Å². The summed E-state index contributed by atoms with van der Waals surface area (Å²) in [4.78, 5) is 44.5. The molecule has 210 valence electrons. The third kappa shape index (κ3) is 5.76. The number of carbonyl (C=O) groups is 2. The molecular weight excluding hydrogens is 548 g/mol. The smallest absolute Gasteiger partial charge is 0.379 e. The molecule has 0 saturated heterocycles. The summed E-state index contributed by atoms with van der Waals surface area (Å²) in [5.41, 5.74) is 1.65. The number of hydrogen-bond donors (Lipinski definition) is 0. The zero-order valence-electron chi connectivity index (χ0n) is 22.5. The van der Waals surface area contributed by atoms with Gasteiger partial charge in [-0.3, -0.25) is 9.36 Å². The minimum Gasteiger partial charge on any atom is -0.496 e. The lowest BCUT2D eigenvalue weighted by Crippen LogP contribution is -2.40. The van der Waals surface area contributed by atoms with Crippen molar-refractivity contribution in [1.29, 1.82) is 0 Å². The molecule has 10 nitrogen and oxygen atoms in total. The van der Waals surface area contributed by atoms with Crippen LogP contribution < -0.4 is 24.4 Å². The average molecular weight is 575 g/mol. The topological polar surface area (TPSA) is 119 Å². The first-order valence-electron chi connectivity index (χ1n) is 12.6. The van der Waals surface area contributed by atoms with Crippen LogP contribution in [0, 0.1) is 0 Å². The number of nitrogens with zero attached hydrogens (tertiary/aromatic N) is 2. The van der Waals surface area contributed by atoms with Gasteiger partial charge in [-0.1, -0.05) is 41.7 Å². The SMILES string of the molecule is COCCOC(=O)C1=C(C)N=c2s/c(=C/c3ccccc3OC)c(=O)n2[C@H]1c1ccc(OC(=O)c2ccco2)cc1. The van der Waals surface area contributed by atoms with Crippen molar-refractivity contribution in [1.82, 2.24) is 4.57 Å². The Bertz CT molecular complexity index is 1780. The minimum absolute atomic E-state index is 0.0404. The van der Waals surface area contributed by atoms with E-state index in [1.54, 1.807) is 50.4 Å². The van der Waals surface area contributed by atoms with Crippen molar-refractivity contribution in [3.8, 4) is 11.5 Å². The Kier molecular flexibility index (Phi) is 8.27. The number of aromatic nitrogens is 1. The Morgan fingerprint density at radius 3 is 2.51 bits per heavy atom. The molecule has 0 N–H and O–H groups in total. The summed E-state index contributed by atoms with van der Waals surface area (Å²) >= 11 is 1.21. The fourth-order valence-corrected chi connectivity index (χ4v) is 5.43. The molecule has 41 heavy (non-hydrogen) atoms. The molecule has 0 bridgehead atoms. The number of ether oxygens (including phenoxy) is 4. The normalized spacial score (nSPS) is 14.8. The van der Waals surface area contributed by atoms with Gasteiger partial charge in [-0.05, 0) is 48.9 Å². The Hall–Kier alpha value is -4.74. The van der Waals surface area contributed by atoms with Crippen molar-refractivity contribution in [3.63, 3.8) is 0 Å². The summed E-state index contributed by atoms with van der Waals surface area (Å²) in [6.07, 6.45) is 3.12. The summed E-state index contributed by atoms with van der Waals surface area (Å²) in [5, 5.41) is 0. The summed E-state index contributed by atoms with van der Waals surface area (Å²) in [7, 11) is 3.07. The molecule has 0 spiro atoms. The molecule has 0 fully saturated rings. The van der Waals surface area contributed by atoms with Crippen molar-refractivity contribution in [2.24, 2.45) is 4.99 Å². The third-order valence-corrected chi connectivity index (χ3v) is 7.30. The van der Waals surface area contributed by atoms with Gasteiger partial charge in [0, 0.05) is 12.7 Å². The molecule has 5 rings (SSSR count). The predicted octanol–water partition coefficient (Wildman–Crippen LogP) is 3.25. The maximum atomic E-state index is 13.8. The molecule has 0 unspecified atom stereocenters. The van der Waals surface area contributed by atoms with Crippen LogP contribution >= 0.6 is 11.3 Å². The van der Waals surface area contributed by atoms with Crippen molar-refractivity contribution >= 4 is 29.4 Å². The number of rotatable bonds is 9. The van der Waals surface area contributed by atoms with Crippen molar-refractivity contribution in [2.75, 3.05) is 27.4 Å². The maximum Gasteiger partial charge on any atom is 0.379 e. The van der Waals surface area contributed by atoms with Crippen LogP contribution in [0.5, 0.6) is 11.5 Å². The predicted molar refractivity (Wildman–Crippen MR) is 150 cm³/mol. The zero-order valence-corrected chi connectivity index (χ0v) is 23.3. The second kappa shape index (κ2) is 12.2. The van der Waals surface area contributed by atoms with E-state index in [1.165, 1.54) is 35.3 Å². The van der Waals surface area contributed by atoms with Gasteiger partial charge in [0.15, 0.2) is 4.80 Å². The first-order chi connectivity index (χ1) is 19.9. The van der Waals surface area contributed by atoms with E-state index in [0.717, 1.165) is 5.56 Å². The molecule has 11 heteroatoms. The van der Waals surface area contributed by atoms with E-state index in [-0.39, 0.29) is 35.9 Å². The Morgan fingerprint density at radius 2 is 1.80 bits per heavy atom. The molecule has 1 atom stereocenters. The minimum atomic E-state index is -0.837. The van der Waals surface area contributed by atoms with E-state index >= 15 is 0 Å². The molecule has 1 aliphatic heterocycles. The highest BCUT2D eigenvalue weighted by Crippen LogP contribution is 2.32. The second-order valence-electron chi connectivity index (χ2n) is 8.89. The fraction of sp³-hybridized carbons (Fsp3) is 0.200. The molecule has 1 aliphatic rings. The van der Waals surface area contributed by atoms with E-state index in [4.69, 9.17) is 23.4 Å². The van der Waals surface area contributed by atoms with Crippen LogP contribution in [0.25, 0.3) is 6.08 Å². The summed E-state index contributed by atoms with van der Waals surface area (Å²) < 4.78 is 28.3. The lowest BCUT2D eigenvalue weighted by atomic mass is 9.96. The van der Waals surface area contributed by atoms with Crippen LogP contribution in [-0.2, 0) is 14.3 Å². The molecule has 2 aromatic heterocycles. The number of fused-ring (bicyclic) bond motifs is 1. The zero-order chi connectivity index (χ0) is 28.9. The maximum absolute atomic E-state index is 13.8. The fourth-order valence-electron chi connectivity index (χ4n) is 4.39. The summed E-state index contributed by atoms with van der Waals surface area (Å²) in [6, 6.07) is 16.2. The quantitative estimate of drug-likeness (QED) is 0.170. The third-order valence-electron chi connectivity index (χ3n) is 6.32. The number of carbonyl (C=O) groups excluding carboxylic acids is 2. The number of thiazole rings is 1. The van der Waals surface area contributed by atoms with Crippen molar-refractivity contribution < 1.29 is 33.0 Å². The van der Waals surface area contributed by atoms with Crippen LogP contribution in [0.3, 0.4) is 0 Å². The molecule has 0 radical (unpaired) electrons. The van der Waals surface area contributed by atoms with E-state index < -0.39 is 18.0 Å². The van der Waals surface area contributed by atoms with Gasteiger partial charge in [0.2, 0.25) is 5.76 Å². The van der Waals surface area contributed by atoms with Crippen molar-refractivity contribution in [3.05, 3.63) is 115 Å². The first kappa shape index (κ1) is 27.8. The van der Waals surface area contributed by atoms with Gasteiger partial charge in [-0.25, -0.2) is 14.6 Å². The Labute approximate surface area is 238 Å². The second-order valence-corrected chi connectivity index (χ2v) is 9.90. The Morgan fingerprint density at radius 1 is 1.02 bits per heavy atom. The van der Waals surface area contributed by atoms with Gasteiger partial charge >= 0.3 is 11.9 Å². The summed E-state index contributed by atoms with van der Waals surface area (Å²) in [6.45, 7) is 1.97. The molecular formula is C30H26N2O8S. The number of allylic oxidation sites excluding steroid dienone is 1. The standard InChI is InChI=1S/C30H26N2O8S/c1-18-25(29(35)39-16-15-36-2)26(19-10-12-21(13-11-19)40-28(34)23-9-6-14-38-23)32-27(33)24(41-30(32)31-18)17-20-7-4-5-8-22(20)37-3/h4-14,17,26H,15-16H2,1-3H3/b24-17+/t26-/m0/s1. The highest BCUT2D eigenvalue weighted by atomic mass is 32.1. The van der Waals surface area contributed by atoms with Gasteiger partial charge in [0.1, 0.15) is 18.1 Å². The van der Waals surface area contributed by atoms with Crippen LogP contribution in [-0.4, -0.2) is 43.9 Å². The number of para-hydroxylation sites is 1. The monoisotopic (exact) mass is 574 g/mol. The lowest BCUT2D eigenvalue weighted by molar-refractivity contribution is -0.140. The molecule has 0 saturated carbocycles. The van der Waals surface area contributed by atoms with Crippen molar-refractivity contribution in [2.45, 2.75) is 13.0 Å². The molecule has 0 aliphatic carbocycles. The van der Waals surface area contributed by atoms with Crippen LogP contribution in [0.2, 0.25) is 0 Å². The Balaban J connectivity index is 1.58. The molecule has 4 aromatic rings. The highest BCUT2D eigenvalue weighted by Gasteiger charge is 2.33. The van der Waals surface area contributed by atoms with E-state index in [9.17, 15) is 14.4 Å². The van der Waals surface area contributed by atoms with E-state index in [0.29, 0.717) is 26.3 Å². The van der Waals surface area contributed by atoms with Gasteiger partial charge in [0.25, 0.3) is 5.56 Å². The number of esters is 2. The van der Waals surface area contributed by atoms with Gasteiger partial charge in [-0.2, -0.15) is 0 Å². The first-order valence-corrected chi connectivity index (χ1v) is 13.4. The molecule has 0 amide bonds. The molecule has 2 aromatic carbocycles. The van der Waals surface area contributed by atoms with Gasteiger partial charge < -0.3 is 23.4 Å².